The Labute approximate surface area is 170 Å². The second-order valence-electron chi connectivity index (χ2n) is 8.60. The topological polar surface area (TPSA) is 35.1 Å². The Morgan fingerprint density at radius 2 is 1.79 bits per heavy atom. The molecule has 0 aromatic heterocycles. The van der Waals surface area contributed by atoms with E-state index in [0.29, 0.717) is 0 Å². The number of rotatable bonds is 8. The number of nitrogens with two attached hydrogens (primary N) is 1. The molecule has 1 fully saturated rings. The maximum Gasteiger partial charge on any atom is 0.118 e. The molecule has 2 aromatic carbocycles. The van der Waals surface area contributed by atoms with E-state index in [9.17, 15) is 0 Å². The van der Waals surface area contributed by atoms with Gasteiger partial charge in [-0.1, -0.05) is 36.8 Å². The van der Waals surface area contributed by atoms with Crippen LogP contribution in [-0.2, 0) is 16.7 Å². The number of aryl methyl sites for hydroxylation is 1. The lowest BCUT2D eigenvalue weighted by Gasteiger charge is -2.46. The van der Waals surface area contributed by atoms with Crippen LogP contribution in [0, 0.1) is 6.92 Å². The smallest absolute Gasteiger partial charge is 0.118 e. The molecular weight excluding hydrogens is 346 g/mol. The third kappa shape index (κ3) is 4.95. The Balaban J connectivity index is 1.68. The van der Waals surface area contributed by atoms with Crippen molar-refractivity contribution in [3.05, 3.63) is 65.2 Å². The lowest BCUT2D eigenvalue weighted by atomic mass is 9.66. The molecule has 3 heteroatoms. The molecule has 3 rings (SSSR count). The van der Waals surface area contributed by atoms with Crippen LogP contribution >= 0.6 is 0 Å². The molecule has 3 nitrogen and oxygen atoms in total. The fourth-order valence-corrected chi connectivity index (χ4v) is 4.50. The lowest BCUT2D eigenvalue weighted by molar-refractivity contribution is -0.672. The zero-order valence-electron chi connectivity index (χ0n) is 18.0. The average Bonchev–Trinajstić information content (AvgIpc) is 2.72. The van der Waals surface area contributed by atoms with Crippen LogP contribution in [0.2, 0.25) is 0 Å². The van der Waals surface area contributed by atoms with Crippen LogP contribution in [0.1, 0.15) is 56.2 Å². The van der Waals surface area contributed by atoms with E-state index in [2.05, 4.69) is 62.5 Å². The molecule has 2 aromatic rings. The van der Waals surface area contributed by atoms with Crippen molar-refractivity contribution in [1.29, 1.82) is 0 Å². The lowest BCUT2D eigenvalue weighted by Crippen LogP contribution is -2.83. The van der Waals surface area contributed by atoms with Gasteiger partial charge in [0.2, 0.25) is 0 Å². The Hall–Kier alpha value is -1.84. The number of methoxy groups -OCH3 is 1. The first-order valence-electron chi connectivity index (χ1n) is 10.6. The van der Waals surface area contributed by atoms with Crippen molar-refractivity contribution >= 4 is 0 Å². The van der Waals surface area contributed by atoms with E-state index in [-0.39, 0.29) is 11.0 Å². The summed E-state index contributed by atoms with van der Waals surface area (Å²) in [6.45, 7) is 9.70. The number of quaternary nitrogens is 1. The minimum absolute atomic E-state index is 0.0148. The maximum atomic E-state index is 6.19. The molecule has 152 valence electrons. The minimum Gasteiger partial charge on any atom is -0.497 e. The van der Waals surface area contributed by atoms with Crippen LogP contribution in [0.15, 0.2) is 48.5 Å². The molecule has 0 aliphatic carbocycles. The highest BCUT2D eigenvalue weighted by molar-refractivity contribution is 5.30. The van der Waals surface area contributed by atoms with E-state index in [0.717, 1.165) is 44.7 Å². The first-order chi connectivity index (χ1) is 13.5. The van der Waals surface area contributed by atoms with Crippen LogP contribution in [0.4, 0.5) is 0 Å². The largest absolute Gasteiger partial charge is 0.497 e. The Morgan fingerprint density at radius 1 is 1.07 bits per heavy atom. The molecule has 2 N–H and O–H groups in total. The summed E-state index contributed by atoms with van der Waals surface area (Å²) < 4.78 is 11.4. The van der Waals surface area contributed by atoms with Crippen molar-refractivity contribution in [1.82, 2.24) is 0 Å². The van der Waals surface area contributed by atoms with Crippen molar-refractivity contribution < 1.29 is 14.8 Å². The Kier molecular flexibility index (Phi) is 6.79. The quantitative estimate of drug-likeness (QED) is 0.688. The zero-order valence-corrected chi connectivity index (χ0v) is 18.0. The predicted octanol–water partition coefficient (Wildman–Crippen LogP) is 4.37. The summed E-state index contributed by atoms with van der Waals surface area (Å²) in [5, 5.41) is 2.44. The van der Waals surface area contributed by atoms with E-state index < -0.39 is 0 Å². The fourth-order valence-electron chi connectivity index (χ4n) is 4.50. The van der Waals surface area contributed by atoms with E-state index >= 15 is 0 Å². The Morgan fingerprint density at radius 3 is 2.43 bits per heavy atom. The van der Waals surface area contributed by atoms with Gasteiger partial charge in [0, 0.05) is 24.0 Å². The van der Waals surface area contributed by atoms with Gasteiger partial charge in [-0.15, -0.1) is 0 Å². The molecule has 28 heavy (non-hydrogen) atoms. The third-order valence-corrected chi connectivity index (χ3v) is 6.52. The van der Waals surface area contributed by atoms with Crippen LogP contribution in [-0.4, -0.2) is 25.9 Å². The van der Waals surface area contributed by atoms with Gasteiger partial charge in [0.1, 0.15) is 12.3 Å². The van der Waals surface area contributed by atoms with Crippen molar-refractivity contribution in [3.63, 3.8) is 0 Å². The highest BCUT2D eigenvalue weighted by Crippen LogP contribution is 2.45. The summed E-state index contributed by atoms with van der Waals surface area (Å²) in [6.07, 6.45) is 4.47. The van der Waals surface area contributed by atoms with Gasteiger partial charge in [0.25, 0.3) is 0 Å². The van der Waals surface area contributed by atoms with Crippen molar-refractivity contribution in [3.8, 4) is 5.75 Å². The highest BCUT2D eigenvalue weighted by atomic mass is 16.5. The number of ether oxygens (including phenoxy) is 2. The number of hydrogen-bond acceptors (Lipinski definition) is 2. The van der Waals surface area contributed by atoms with Crippen LogP contribution in [0.3, 0.4) is 0 Å². The van der Waals surface area contributed by atoms with Crippen LogP contribution < -0.4 is 10.1 Å². The highest BCUT2D eigenvalue weighted by Gasteiger charge is 2.43. The summed E-state index contributed by atoms with van der Waals surface area (Å²) in [7, 11) is 1.71. The fraction of sp³-hybridized carbons (Fsp3) is 0.520. The summed E-state index contributed by atoms with van der Waals surface area (Å²) in [5.41, 5.74) is 4.36. The SMILES string of the molecule is CC[C@@]1(C)C[C@@](CC[NH2+]Cc2ccc(OC)cc2)(c2ccc(C)cc2)CCO1. The molecule has 0 unspecified atom stereocenters. The van der Waals surface area contributed by atoms with Gasteiger partial charge >= 0.3 is 0 Å². The first kappa shape index (κ1) is 20.9. The Bertz CT molecular complexity index is 740. The number of hydrogen-bond donors (Lipinski definition) is 1. The van der Waals surface area contributed by atoms with Gasteiger partial charge in [0.15, 0.2) is 0 Å². The van der Waals surface area contributed by atoms with Crippen molar-refractivity contribution in [2.45, 2.75) is 64.0 Å². The normalized spacial score (nSPS) is 24.9. The summed E-state index contributed by atoms with van der Waals surface area (Å²) >= 11 is 0. The van der Waals surface area contributed by atoms with Crippen LogP contribution in [0.25, 0.3) is 0 Å². The summed E-state index contributed by atoms with van der Waals surface area (Å²) in [4.78, 5) is 0. The summed E-state index contributed by atoms with van der Waals surface area (Å²) in [5.74, 6) is 0.920. The zero-order chi connectivity index (χ0) is 20.0. The van der Waals surface area contributed by atoms with Gasteiger partial charge in [0.05, 0.1) is 19.3 Å². The van der Waals surface area contributed by atoms with Gasteiger partial charge in [-0.05, 0) is 62.9 Å². The monoisotopic (exact) mass is 382 g/mol. The standard InChI is InChI=1S/C25H35NO2/c1-5-24(3)19-25(15-17-28-24,22-10-6-20(2)7-11-22)14-16-26-18-21-8-12-23(27-4)13-9-21/h6-13,26H,5,14-19H2,1-4H3/p+1/t24-,25-/m0/s1. The first-order valence-corrected chi connectivity index (χ1v) is 10.6. The minimum atomic E-state index is -0.0148. The van der Waals surface area contributed by atoms with Crippen molar-refractivity contribution in [2.75, 3.05) is 20.3 Å². The molecule has 1 heterocycles. The second-order valence-corrected chi connectivity index (χ2v) is 8.60. The summed E-state index contributed by atoms with van der Waals surface area (Å²) in [6, 6.07) is 17.6. The molecule has 0 radical (unpaired) electrons. The molecule has 0 saturated carbocycles. The van der Waals surface area contributed by atoms with E-state index in [1.54, 1.807) is 7.11 Å². The molecule has 1 aliphatic heterocycles. The van der Waals surface area contributed by atoms with Gasteiger partial charge < -0.3 is 14.8 Å². The van der Waals surface area contributed by atoms with Gasteiger partial charge in [-0.25, -0.2) is 0 Å². The molecule has 0 bridgehead atoms. The predicted molar refractivity (Wildman–Crippen MR) is 115 cm³/mol. The van der Waals surface area contributed by atoms with Crippen molar-refractivity contribution in [2.24, 2.45) is 0 Å². The second kappa shape index (κ2) is 9.11. The molecular formula is C25H36NO2+. The average molecular weight is 383 g/mol. The molecule has 1 aliphatic rings. The molecule has 2 atom stereocenters. The molecule has 0 spiro atoms. The van der Waals surface area contributed by atoms with Gasteiger partial charge in [-0.3, -0.25) is 0 Å². The van der Waals surface area contributed by atoms with E-state index in [4.69, 9.17) is 9.47 Å². The maximum absolute atomic E-state index is 6.19. The molecule has 1 saturated heterocycles. The van der Waals surface area contributed by atoms with E-state index in [1.807, 2.05) is 12.1 Å². The number of benzene rings is 2. The molecule has 0 amide bonds. The third-order valence-electron chi connectivity index (χ3n) is 6.52. The van der Waals surface area contributed by atoms with Gasteiger partial charge in [-0.2, -0.15) is 0 Å². The van der Waals surface area contributed by atoms with E-state index in [1.165, 1.54) is 23.1 Å². The van der Waals surface area contributed by atoms with Crippen LogP contribution in [0.5, 0.6) is 5.75 Å².